The van der Waals surface area contributed by atoms with Crippen molar-refractivity contribution in [3.63, 3.8) is 0 Å². The van der Waals surface area contributed by atoms with Crippen LogP contribution in [0, 0.1) is 13.8 Å². The van der Waals surface area contributed by atoms with Gasteiger partial charge in [-0.05, 0) is 37.5 Å². The highest BCUT2D eigenvalue weighted by Crippen LogP contribution is 2.16. The highest BCUT2D eigenvalue weighted by molar-refractivity contribution is 5.76. The first kappa shape index (κ1) is 13.3. The maximum Gasteiger partial charge on any atom is 0.240 e. The van der Waals surface area contributed by atoms with Crippen LogP contribution < -0.4 is 5.32 Å². The molecule has 19 heavy (non-hydrogen) atoms. The number of aromatic nitrogens is 2. The summed E-state index contributed by atoms with van der Waals surface area (Å²) in [5.74, 6) is -0.0104. The van der Waals surface area contributed by atoms with E-state index in [4.69, 9.17) is 0 Å². The fraction of sp³-hybridized carbons (Fsp3) is 0.333. The molecule has 1 aromatic carbocycles. The first-order valence-corrected chi connectivity index (χ1v) is 6.38. The van der Waals surface area contributed by atoms with E-state index in [9.17, 15) is 4.79 Å². The first-order valence-electron chi connectivity index (χ1n) is 6.38. The minimum absolute atomic E-state index is 0.00956. The molecule has 0 fully saturated rings. The number of hydrogen-bond acceptors (Lipinski definition) is 2. The lowest BCUT2D eigenvalue weighted by atomic mass is 10.0. The number of aryl methyl sites for hydroxylation is 2. The van der Waals surface area contributed by atoms with Gasteiger partial charge < -0.3 is 9.88 Å². The number of rotatable bonds is 4. The normalized spacial score (nSPS) is 12.2. The lowest BCUT2D eigenvalue weighted by Gasteiger charge is -2.16. The van der Waals surface area contributed by atoms with Gasteiger partial charge in [0.1, 0.15) is 6.54 Å². The van der Waals surface area contributed by atoms with Crippen molar-refractivity contribution in [2.24, 2.45) is 0 Å². The van der Waals surface area contributed by atoms with E-state index in [-0.39, 0.29) is 11.9 Å². The van der Waals surface area contributed by atoms with E-state index in [0.29, 0.717) is 6.54 Å². The van der Waals surface area contributed by atoms with Gasteiger partial charge in [-0.15, -0.1) is 0 Å². The largest absolute Gasteiger partial charge is 0.348 e. The second-order valence-corrected chi connectivity index (χ2v) is 4.87. The Hall–Kier alpha value is -2.10. The molecule has 0 spiro atoms. The van der Waals surface area contributed by atoms with E-state index in [2.05, 4.69) is 42.3 Å². The number of imidazole rings is 1. The first-order chi connectivity index (χ1) is 9.06. The number of benzene rings is 1. The summed E-state index contributed by atoms with van der Waals surface area (Å²) in [7, 11) is 0. The van der Waals surface area contributed by atoms with Crippen molar-refractivity contribution < 1.29 is 4.79 Å². The molecule has 0 bridgehead atoms. The van der Waals surface area contributed by atoms with Gasteiger partial charge in [0, 0.05) is 12.4 Å². The van der Waals surface area contributed by atoms with Crippen LogP contribution in [-0.2, 0) is 11.3 Å². The fourth-order valence-corrected chi connectivity index (χ4v) is 1.95. The molecule has 4 nitrogen and oxygen atoms in total. The molecular formula is C15H19N3O. The molecule has 0 aliphatic heterocycles. The van der Waals surface area contributed by atoms with Crippen LogP contribution in [0.4, 0.5) is 0 Å². The molecule has 2 rings (SSSR count). The van der Waals surface area contributed by atoms with Crippen molar-refractivity contribution in [3.8, 4) is 0 Å². The Morgan fingerprint density at radius 3 is 2.79 bits per heavy atom. The second-order valence-electron chi connectivity index (χ2n) is 4.87. The zero-order valence-corrected chi connectivity index (χ0v) is 11.6. The third-order valence-electron chi connectivity index (χ3n) is 3.29. The molecule has 0 radical (unpaired) electrons. The van der Waals surface area contributed by atoms with E-state index >= 15 is 0 Å². The van der Waals surface area contributed by atoms with Crippen LogP contribution in [0.2, 0.25) is 0 Å². The molecule has 0 saturated carbocycles. The summed E-state index contributed by atoms with van der Waals surface area (Å²) < 4.78 is 1.75. The summed E-state index contributed by atoms with van der Waals surface area (Å²) >= 11 is 0. The minimum atomic E-state index is -0.0104. The molecule has 1 heterocycles. The van der Waals surface area contributed by atoms with Gasteiger partial charge in [0.2, 0.25) is 5.91 Å². The summed E-state index contributed by atoms with van der Waals surface area (Å²) in [5.41, 5.74) is 3.64. The zero-order valence-electron chi connectivity index (χ0n) is 11.6. The van der Waals surface area contributed by atoms with E-state index in [1.165, 1.54) is 11.1 Å². The average molecular weight is 257 g/mol. The molecule has 2 aromatic rings. The van der Waals surface area contributed by atoms with Crippen molar-refractivity contribution in [3.05, 3.63) is 53.6 Å². The van der Waals surface area contributed by atoms with Crippen molar-refractivity contribution >= 4 is 5.91 Å². The van der Waals surface area contributed by atoms with Crippen LogP contribution in [-0.4, -0.2) is 15.5 Å². The molecule has 1 aromatic heterocycles. The second kappa shape index (κ2) is 5.69. The molecule has 100 valence electrons. The zero-order chi connectivity index (χ0) is 13.8. The summed E-state index contributed by atoms with van der Waals surface area (Å²) in [6.45, 7) is 6.46. The number of nitrogens with one attached hydrogen (secondary N) is 1. The van der Waals surface area contributed by atoms with E-state index in [1.807, 2.05) is 6.92 Å². The molecular weight excluding hydrogens is 238 g/mol. The fourth-order valence-electron chi connectivity index (χ4n) is 1.95. The van der Waals surface area contributed by atoms with Crippen LogP contribution in [0.25, 0.3) is 0 Å². The van der Waals surface area contributed by atoms with Crippen LogP contribution in [0.1, 0.15) is 29.7 Å². The smallest absolute Gasteiger partial charge is 0.240 e. The van der Waals surface area contributed by atoms with Crippen LogP contribution >= 0.6 is 0 Å². The highest BCUT2D eigenvalue weighted by Gasteiger charge is 2.10. The Morgan fingerprint density at radius 1 is 1.37 bits per heavy atom. The summed E-state index contributed by atoms with van der Waals surface area (Å²) in [6.07, 6.45) is 5.08. The topological polar surface area (TPSA) is 46.9 Å². The third kappa shape index (κ3) is 3.44. The summed E-state index contributed by atoms with van der Waals surface area (Å²) in [5, 5.41) is 2.99. The monoisotopic (exact) mass is 257 g/mol. The van der Waals surface area contributed by atoms with Crippen LogP contribution in [0.3, 0.4) is 0 Å². The van der Waals surface area contributed by atoms with Gasteiger partial charge in [-0.3, -0.25) is 4.79 Å². The number of hydrogen-bond donors (Lipinski definition) is 1. The Balaban J connectivity index is 1.98. The minimum Gasteiger partial charge on any atom is -0.348 e. The average Bonchev–Trinajstić information content (AvgIpc) is 2.85. The van der Waals surface area contributed by atoms with Gasteiger partial charge in [0.25, 0.3) is 0 Å². The molecule has 0 aliphatic carbocycles. The quantitative estimate of drug-likeness (QED) is 0.914. The Kier molecular flexibility index (Phi) is 4.00. The van der Waals surface area contributed by atoms with Gasteiger partial charge in [0.05, 0.1) is 12.4 Å². The standard InChI is InChI=1S/C15H19N3O/c1-11-4-5-14(8-12(11)2)13(3)17-15(19)9-18-7-6-16-10-18/h4-8,10,13H,9H2,1-3H3,(H,17,19)/t13-/m0/s1. The van der Waals surface area contributed by atoms with Gasteiger partial charge >= 0.3 is 0 Å². The van der Waals surface area contributed by atoms with Gasteiger partial charge in [-0.1, -0.05) is 18.2 Å². The van der Waals surface area contributed by atoms with Gasteiger partial charge in [-0.2, -0.15) is 0 Å². The van der Waals surface area contributed by atoms with Crippen molar-refractivity contribution in [1.82, 2.24) is 14.9 Å². The SMILES string of the molecule is Cc1ccc([C@H](C)NC(=O)Cn2ccnc2)cc1C. The maximum atomic E-state index is 11.9. The number of amides is 1. The van der Waals surface area contributed by atoms with Gasteiger partial charge in [-0.25, -0.2) is 4.98 Å². The molecule has 0 saturated heterocycles. The van der Waals surface area contributed by atoms with Crippen molar-refractivity contribution in [1.29, 1.82) is 0 Å². The number of nitrogens with zero attached hydrogens (tertiary/aromatic N) is 2. The lowest BCUT2D eigenvalue weighted by molar-refractivity contribution is -0.122. The number of carbonyl (C=O) groups excluding carboxylic acids is 1. The molecule has 0 aliphatic rings. The summed E-state index contributed by atoms with van der Waals surface area (Å²) in [6, 6.07) is 6.28. The molecule has 1 N–H and O–H groups in total. The van der Waals surface area contributed by atoms with E-state index < -0.39 is 0 Å². The van der Waals surface area contributed by atoms with Crippen LogP contribution in [0.15, 0.2) is 36.9 Å². The summed E-state index contributed by atoms with van der Waals surface area (Å²) in [4.78, 5) is 15.8. The predicted molar refractivity (Wildman–Crippen MR) is 74.7 cm³/mol. The Bertz CT molecular complexity index is 561. The predicted octanol–water partition coefficient (Wildman–Crippen LogP) is 2.38. The van der Waals surface area contributed by atoms with Crippen LogP contribution in [0.5, 0.6) is 0 Å². The molecule has 4 heteroatoms. The van der Waals surface area contributed by atoms with E-state index in [1.54, 1.807) is 23.3 Å². The lowest BCUT2D eigenvalue weighted by Crippen LogP contribution is -2.29. The maximum absolute atomic E-state index is 11.9. The number of carbonyl (C=O) groups is 1. The Labute approximate surface area is 113 Å². The van der Waals surface area contributed by atoms with Gasteiger partial charge in [0.15, 0.2) is 0 Å². The van der Waals surface area contributed by atoms with E-state index in [0.717, 1.165) is 5.56 Å². The molecule has 1 atom stereocenters. The van der Waals surface area contributed by atoms with Crippen molar-refractivity contribution in [2.45, 2.75) is 33.4 Å². The van der Waals surface area contributed by atoms with Crippen molar-refractivity contribution in [2.75, 3.05) is 0 Å². The Morgan fingerprint density at radius 2 is 2.16 bits per heavy atom. The molecule has 0 unspecified atom stereocenters. The third-order valence-corrected chi connectivity index (χ3v) is 3.29. The molecule has 1 amide bonds. The highest BCUT2D eigenvalue weighted by atomic mass is 16.2.